The van der Waals surface area contributed by atoms with Gasteiger partial charge in [0.1, 0.15) is 17.6 Å². The van der Waals surface area contributed by atoms with Gasteiger partial charge in [0.2, 0.25) is 5.95 Å². The fraction of sp³-hybridized carbons (Fsp3) is 0.143. The molecule has 1 N–H and O–H groups in total. The molecule has 2 aromatic carbocycles. The molecule has 0 aliphatic rings. The summed E-state index contributed by atoms with van der Waals surface area (Å²) in [7, 11) is 3.64. The Balaban J connectivity index is 1.50. The van der Waals surface area contributed by atoms with Crippen LogP contribution in [0.5, 0.6) is 5.75 Å². The summed E-state index contributed by atoms with van der Waals surface area (Å²) in [5.74, 6) is 1.46. The van der Waals surface area contributed by atoms with Crippen LogP contribution in [0.2, 0.25) is 0 Å². The van der Waals surface area contributed by atoms with Crippen LogP contribution < -0.4 is 9.64 Å². The highest BCUT2D eigenvalue weighted by atomic mass is 16.5. The molecule has 8 nitrogen and oxygen atoms in total. The molecule has 3 aromatic heterocycles. The fourth-order valence-electron chi connectivity index (χ4n) is 3.36. The van der Waals surface area contributed by atoms with Gasteiger partial charge in [-0.2, -0.15) is 10.1 Å². The largest absolute Gasteiger partial charge is 0.497 e. The molecule has 29 heavy (non-hydrogen) atoms. The first kappa shape index (κ1) is 17.2. The van der Waals surface area contributed by atoms with E-state index in [-0.39, 0.29) is 0 Å². The van der Waals surface area contributed by atoms with Gasteiger partial charge in [-0.05, 0) is 35.9 Å². The number of nitrogens with one attached hydrogen (secondary N) is 1. The summed E-state index contributed by atoms with van der Waals surface area (Å²) in [6.07, 6.45) is 5.33. The Morgan fingerprint density at radius 3 is 2.93 bits per heavy atom. The Morgan fingerprint density at radius 2 is 2.03 bits per heavy atom. The van der Waals surface area contributed by atoms with Crippen LogP contribution in [0.25, 0.3) is 27.8 Å². The van der Waals surface area contributed by atoms with Gasteiger partial charge in [0.05, 0.1) is 30.7 Å². The molecular formula is C21H19N7O. The van der Waals surface area contributed by atoms with Crippen molar-refractivity contribution < 1.29 is 4.74 Å². The van der Waals surface area contributed by atoms with Crippen LogP contribution in [-0.4, -0.2) is 43.9 Å². The molecule has 0 bridgehead atoms. The Labute approximate surface area is 166 Å². The standard InChI is InChI=1S/C21H19N7O/c1-27(12-14-4-3-5-17(8-14)29-2)21-22-11-19-20(25-21)28(13-23-19)16-7-6-15-10-24-26-18(15)9-16/h3-11,13H,12H2,1-2H3,(H,24,26). The third-order valence-corrected chi connectivity index (χ3v) is 4.88. The van der Waals surface area contributed by atoms with Crippen molar-refractivity contribution in [2.75, 3.05) is 19.1 Å². The molecule has 0 aliphatic heterocycles. The zero-order valence-electron chi connectivity index (χ0n) is 16.1. The number of aromatic nitrogens is 6. The maximum absolute atomic E-state index is 5.31. The number of hydrogen-bond donors (Lipinski definition) is 1. The number of nitrogens with zero attached hydrogens (tertiary/aromatic N) is 6. The Kier molecular flexibility index (Phi) is 4.09. The number of rotatable bonds is 5. The summed E-state index contributed by atoms with van der Waals surface area (Å²) in [5, 5.41) is 8.15. The second kappa shape index (κ2) is 6.90. The fourth-order valence-corrected chi connectivity index (χ4v) is 3.36. The minimum Gasteiger partial charge on any atom is -0.497 e. The lowest BCUT2D eigenvalue weighted by Gasteiger charge is -2.17. The minimum atomic E-state index is 0.629. The summed E-state index contributed by atoms with van der Waals surface area (Å²) >= 11 is 0. The van der Waals surface area contributed by atoms with E-state index in [0.29, 0.717) is 12.5 Å². The summed E-state index contributed by atoms with van der Waals surface area (Å²) in [6.45, 7) is 0.664. The van der Waals surface area contributed by atoms with E-state index in [2.05, 4.69) is 26.2 Å². The predicted molar refractivity (Wildman–Crippen MR) is 111 cm³/mol. The number of fused-ring (bicyclic) bond motifs is 2. The van der Waals surface area contributed by atoms with E-state index >= 15 is 0 Å². The van der Waals surface area contributed by atoms with Gasteiger partial charge in [-0.25, -0.2) is 9.97 Å². The van der Waals surface area contributed by atoms with Gasteiger partial charge in [-0.3, -0.25) is 9.67 Å². The molecule has 0 atom stereocenters. The van der Waals surface area contributed by atoms with Crippen molar-refractivity contribution in [2.24, 2.45) is 0 Å². The molecule has 144 valence electrons. The third-order valence-electron chi connectivity index (χ3n) is 4.88. The molecule has 0 fully saturated rings. The second-order valence-electron chi connectivity index (χ2n) is 6.84. The Morgan fingerprint density at radius 1 is 1.10 bits per heavy atom. The van der Waals surface area contributed by atoms with Crippen molar-refractivity contribution >= 4 is 28.0 Å². The first-order chi connectivity index (χ1) is 14.2. The highest BCUT2D eigenvalue weighted by Gasteiger charge is 2.12. The van der Waals surface area contributed by atoms with E-state index < -0.39 is 0 Å². The van der Waals surface area contributed by atoms with Crippen LogP contribution >= 0.6 is 0 Å². The molecule has 0 spiro atoms. The van der Waals surface area contributed by atoms with Gasteiger partial charge < -0.3 is 9.64 Å². The minimum absolute atomic E-state index is 0.629. The highest BCUT2D eigenvalue weighted by molar-refractivity contribution is 5.81. The Hall–Kier alpha value is -3.94. The second-order valence-corrected chi connectivity index (χ2v) is 6.84. The average molecular weight is 385 g/mol. The number of imidazole rings is 1. The molecular weight excluding hydrogens is 366 g/mol. The highest BCUT2D eigenvalue weighted by Crippen LogP contribution is 2.22. The zero-order valence-corrected chi connectivity index (χ0v) is 16.1. The molecule has 3 heterocycles. The predicted octanol–water partition coefficient (Wildman–Crippen LogP) is 3.34. The lowest BCUT2D eigenvalue weighted by molar-refractivity contribution is 0.414. The van der Waals surface area contributed by atoms with Gasteiger partial charge in [-0.1, -0.05) is 12.1 Å². The maximum Gasteiger partial charge on any atom is 0.227 e. The number of H-pyrrole nitrogens is 1. The van der Waals surface area contributed by atoms with Crippen LogP contribution in [0.15, 0.2) is 61.2 Å². The van der Waals surface area contributed by atoms with Gasteiger partial charge >= 0.3 is 0 Å². The van der Waals surface area contributed by atoms with Gasteiger partial charge in [0.15, 0.2) is 5.65 Å². The van der Waals surface area contributed by atoms with Crippen LogP contribution in [0.4, 0.5) is 5.95 Å². The van der Waals surface area contributed by atoms with Crippen molar-refractivity contribution in [3.63, 3.8) is 0 Å². The summed E-state index contributed by atoms with van der Waals surface area (Å²) in [4.78, 5) is 15.7. The zero-order chi connectivity index (χ0) is 19.8. The van der Waals surface area contributed by atoms with Crippen molar-refractivity contribution in [1.82, 2.24) is 29.7 Å². The van der Waals surface area contributed by atoms with Crippen molar-refractivity contribution in [3.8, 4) is 11.4 Å². The molecule has 0 amide bonds. The maximum atomic E-state index is 5.31. The van der Waals surface area contributed by atoms with E-state index in [1.807, 2.05) is 52.9 Å². The third kappa shape index (κ3) is 3.14. The molecule has 0 aliphatic carbocycles. The van der Waals surface area contributed by atoms with Crippen molar-refractivity contribution in [2.45, 2.75) is 6.54 Å². The van der Waals surface area contributed by atoms with E-state index in [1.165, 1.54) is 0 Å². The number of ether oxygens (including phenoxy) is 1. The van der Waals surface area contributed by atoms with Crippen LogP contribution in [0.3, 0.4) is 0 Å². The van der Waals surface area contributed by atoms with Crippen molar-refractivity contribution in [3.05, 3.63) is 66.7 Å². The molecule has 0 unspecified atom stereocenters. The topological polar surface area (TPSA) is 84.8 Å². The first-order valence-electron chi connectivity index (χ1n) is 9.19. The molecule has 8 heteroatoms. The van der Waals surface area contributed by atoms with Gasteiger partial charge in [0, 0.05) is 19.0 Å². The van der Waals surface area contributed by atoms with Crippen LogP contribution in [0, 0.1) is 0 Å². The molecule has 5 aromatic rings. The Bertz CT molecular complexity index is 1310. The number of methoxy groups -OCH3 is 1. The summed E-state index contributed by atoms with van der Waals surface area (Å²) in [6, 6.07) is 14.1. The van der Waals surface area contributed by atoms with Gasteiger partial charge in [-0.15, -0.1) is 0 Å². The molecule has 5 rings (SSSR count). The smallest absolute Gasteiger partial charge is 0.227 e. The number of aromatic amines is 1. The van der Waals surface area contributed by atoms with Crippen molar-refractivity contribution in [1.29, 1.82) is 0 Å². The van der Waals surface area contributed by atoms with Gasteiger partial charge in [0.25, 0.3) is 0 Å². The number of anilines is 1. The van der Waals surface area contributed by atoms with E-state index in [0.717, 1.165) is 39.1 Å². The lowest BCUT2D eigenvalue weighted by atomic mass is 10.2. The quantitative estimate of drug-likeness (QED) is 0.499. The summed E-state index contributed by atoms with van der Waals surface area (Å²) < 4.78 is 7.27. The number of benzene rings is 2. The summed E-state index contributed by atoms with van der Waals surface area (Å²) in [5.41, 5.74) is 4.55. The van der Waals surface area contributed by atoms with Crippen LogP contribution in [-0.2, 0) is 6.54 Å². The molecule has 0 saturated heterocycles. The van der Waals surface area contributed by atoms with E-state index in [4.69, 9.17) is 9.72 Å². The normalized spacial score (nSPS) is 11.2. The number of hydrogen-bond acceptors (Lipinski definition) is 6. The lowest BCUT2D eigenvalue weighted by Crippen LogP contribution is -2.19. The first-order valence-corrected chi connectivity index (χ1v) is 9.19. The SMILES string of the molecule is COc1cccc(CN(C)c2ncc3ncn(-c4ccc5cn[nH]c5c4)c3n2)c1. The molecule has 0 saturated carbocycles. The van der Waals surface area contributed by atoms with Crippen LogP contribution in [0.1, 0.15) is 5.56 Å². The monoisotopic (exact) mass is 385 g/mol. The average Bonchev–Trinajstić information content (AvgIpc) is 3.39. The van der Waals surface area contributed by atoms with E-state index in [1.54, 1.807) is 25.8 Å². The molecule has 0 radical (unpaired) electrons. The van der Waals surface area contributed by atoms with E-state index in [9.17, 15) is 0 Å².